The minimum atomic E-state index is -0.0636. The first-order valence-corrected chi connectivity index (χ1v) is 7.33. The van der Waals surface area contributed by atoms with Crippen LogP contribution in [0.3, 0.4) is 0 Å². The first kappa shape index (κ1) is 14.8. The molecule has 0 aliphatic heterocycles. The van der Waals surface area contributed by atoms with E-state index < -0.39 is 0 Å². The van der Waals surface area contributed by atoms with Gasteiger partial charge >= 0.3 is 0 Å². The fourth-order valence-corrected chi connectivity index (χ4v) is 2.83. The van der Waals surface area contributed by atoms with Crippen LogP contribution in [0.5, 0.6) is 0 Å². The molecule has 0 aliphatic carbocycles. The molecule has 104 valence electrons. The van der Waals surface area contributed by atoms with Gasteiger partial charge < -0.3 is 5.32 Å². The number of halogens is 1. The van der Waals surface area contributed by atoms with Crippen LogP contribution < -0.4 is 5.32 Å². The minimum Gasteiger partial charge on any atom is -0.321 e. The van der Waals surface area contributed by atoms with E-state index in [1.807, 2.05) is 58.0 Å². The Morgan fingerprint density at radius 3 is 2.20 bits per heavy atom. The van der Waals surface area contributed by atoms with Gasteiger partial charge in [0.2, 0.25) is 0 Å². The van der Waals surface area contributed by atoms with E-state index in [0.717, 1.165) is 32.4 Å². The zero-order valence-corrected chi connectivity index (χ0v) is 13.8. The lowest BCUT2D eigenvalue weighted by Gasteiger charge is -2.13. The highest BCUT2D eigenvalue weighted by Crippen LogP contribution is 2.27. The number of rotatable bonds is 2. The van der Waals surface area contributed by atoms with Crippen LogP contribution in [-0.4, -0.2) is 5.91 Å². The third kappa shape index (κ3) is 2.93. The van der Waals surface area contributed by atoms with Gasteiger partial charge in [-0.1, -0.05) is 29.8 Å². The molecule has 1 N–H and O–H groups in total. The maximum Gasteiger partial charge on any atom is 0.256 e. The summed E-state index contributed by atoms with van der Waals surface area (Å²) in [6.45, 7) is 7.99. The van der Waals surface area contributed by atoms with E-state index in [2.05, 4.69) is 21.2 Å². The fraction of sp³-hybridized carbons (Fsp3) is 0.235. The highest BCUT2D eigenvalue weighted by atomic mass is 79.9. The Labute approximate surface area is 128 Å². The van der Waals surface area contributed by atoms with Gasteiger partial charge in [-0.3, -0.25) is 4.79 Å². The smallest absolute Gasteiger partial charge is 0.256 e. The van der Waals surface area contributed by atoms with Gasteiger partial charge in [0.25, 0.3) is 5.91 Å². The summed E-state index contributed by atoms with van der Waals surface area (Å²) in [6.07, 6.45) is 0. The first-order valence-electron chi connectivity index (χ1n) is 6.54. The Hall–Kier alpha value is -1.61. The van der Waals surface area contributed by atoms with Crippen molar-refractivity contribution < 1.29 is 4.79 Å². The molecule has 2 nitrogen and oxygen atoms in total. The minimum absolute atomic E-state index is 0.0636. The lowest BCUT2D eigenvalue weighted by Crippen LogP contribution is -2.15. The van der Waals surface area contributed by atoms with E-state index in [1.165, 1.54) is 5.56 Å². The van der Waals surface area contributed by atoms with Crippen molar-refractivity contribution >= 4 is 27.5 Å². The van der Waals surface area contributed by atoms with Crippen LogP contribution in [0, 0.1) is 27.7 Å². The predicted octanol–water partition coefficient (Wildman–Crippen LogP) is 4.94. The molecule has 0 heterocycles. The van der Waals surface area contributed by atoms with Crippen molar-refractivity contribution in [3.05, 3.63) is 62.6 Å². The van der Waals surface area contributed by atoms with Crippen LogP contribution in [0.4, 0.5) is 5.69 Å². The Morgan fingerprint density at radius 1 is 1.00 bits per heavy atom. The van der Waals surface area contributed by atoms with Gasteiger partial charge in [0.1, 0.15) is 0 Å². The molecule has 0 atom stereocenters. The molecule has 0 saturated heterocycles. The summed E-state index contributed by atoms with van der Waals surface area (Å²) in [5.41, 5.74) is 5.83. The second-order valence-corrected chi connectivity index (χ2v) is 5.96. The molecule has 0 fully saturated rings. The molecule has 0 aliphatic rings. The fourth-order valence-electron chi connectivity index (χ4n) is 2.47. The topological polar surface area (TPSA) is 29.1 Å². The quantitative estimate of drug-likeness (QED) is 0.830. The standard InChI is InChI=1S/C17H18BrNO/c1-10-8-12(3)15(13(4)9-10)17(20)19-14-7-5-6-11(2)16(14)18/h5-9H,1-4H3,(H,19,20). The molecule has 0 bridgehead atoms. The van der Waals surface area contributed by atoms with Crippen molar-refractivity contribution in [2.24, 2.45) is 0 Å². The summed E-state index contributed by atoms with van der Waals surface area (Å²) in [4.78, 5) is 12.5. The van der Waals surface area contributed by atoms with E-state index in [1.54, 1.807) is 0 Å². The molecular formula is C17H18BrNO. The molecule has 0 unspecified atom stereocenters. The first-order chi connectivity index (χ1) is 9.40. The molecule has 0 aromatic heterocycles. The van der Waals surface area contributed by atoms with E-state index >= 15 is 0 Å². The molecule has 3 heteroatoms. The van der Waals surface area contributed by atoms with Crippen LogP contribution in [-0.2, 0) is 0 Å². The van der Waals surface area contributed by atoms with Crippen molar-refractivity contribution in [2.45, 2.75) is 27.7 Å². The number of anilines is 1. The molecule has 0 radical (unpaired) electrons. The van der Waals surface area contributed by atoms with Crippen molar-refractivity contribution in [2.75, 3.05) is 5.32 Å². The van der Waals surface area contributed by atoms with Crippen molar-refractivity contribution in [3.63, 3.8) is 0 Å². The van der Waals surface area contributed by atoms with Crippen LogP contribution in [0.25, 0.3) is 0 Å². The van der Waals surface area contributed by atoms with Gasteiger partial charge in [0.15, 0.2) is 0 Å². The Morgan fingerprint density at radius 2 is 1.60 bits per heavy atom. The third-order valence-electron chi connectivity index (χ3n) is 3.34. The number of nitrogens with one attached hydrogen (secondary N) is 1. The summed E-state index contributed by atoms with van der Waals surface area (Å²) >= 11 is 3.52. The molecule has 2 rings (SSSR count). The van der Waals surface area contributed by atoms with Crippen LogP contribution in [0.1, 0.15) is 32.6 Å². The Kier molecular flexibility index (Phi) is 4.29. The monoisotopic (exact) mass is 331 g/mol. The highest BCUT2D eigenvalue weighted by Gasteiger charge is 2.14. The van der Waals surface area contributed by atoms with Gasteiger partial charge in [0, 0.05) is 10.0 Å². The van der Waals surface area contributed by atoms with Crippen LogP contribution >= 0.6 is 15.9 Å². The average molecular weight is 332 g/mol. The normalized spacial score (nSPS) is 10.4. The number of hydrogen-bond acceptors (Lipinski definition) is 1. The summed E-state index contributed by atoms with van der Waals surface area (Å²) in [7, 11) is 0. The zero-order valence-electron chi connectivity index (χ0n) is 12.2. The van der Waals surface area contributed by atoms with E-state index in [4.69, 9.17) is 0 Å². The van der Waals surface area contributed by atoms with Crippen molar-refractivity contribution in [1.82, 2.24) is 0 Å². The Balaban J connectivity index is 2.36. The molecular weight excluding hydrogens is 314 g/mol. The van der Waals surface area contributed by atoms with E-state index in [9.17, 15) is 4.79 Å². The van der Waals surface area contributed by atoms with Gasteiger partial charge in [-0.25, -0.2) is 0 Å². The number of hydrogen-bond donors (Lipinski definition) is 1. The predicted molar refractivity (Wildman–Crippen MR) is 87.5 cm³/mol. The van der Waals surface area contributed by atoms with Crippen LogP contribution in [0.2, 0.25) is 0 Å². The zero-order chi connectivity index (χ0) is 14.9. The van der Waals surface area contributed by atoms with Gasteiger partial charge in [-0.05, 0) is 66.4 Å². The second-order valence-electron chi connectivity index (χ2n) is 5.16. The molecule has 20 heavy (non-hydrogen) atoms. The Bertz CT molecular complexity index is 654. The lowest BCUT2D eigenvalue weighted by molar-refractivity contribution is 0.102. The maximum atomic E-state index is 12.5. The highest BCUT2D eigenvalue weighted by molar-refractivity contribution is 9.10. The maximum absolute atomic E-state index is 12.5. The molecule has 0 saturated carbocycles. The number of carbonyl (C=O) groups is 1. The van der Waals surface area contributed by atoms with E-state index in [0.29, 0.717) is 0 Å². The SMILES string of the molecule is Cc1cc(C)c(C(=O)Nc2cccc(C)c2Br)c(C)c1. The number of amides is 1. The van der Waals surface area contributed by atoms with Gasteiger partial charge in [-0.15, -0.1) is 0 Å². The summed E-state index contributed by atoms with van der Waals surface area (Å²) in [6, 6.07) is 9.90. The number of aryl methyl sites for hydroxylation is 4. The summed E-state index contributed by atoms with van der Waals surface area (Å²) in [5, 5.41) is 2.98. The van der Waals surface area contributed by atoms with Gasteiger partial charge in [-0.2, -0.15) is 0 Å². The summed E-state index contributed by atoms with van der Waals surface area (Å²) in [5.74, 6) is -0.0636. The van der Waals surface area contributed by atoms with Crippen molar-refractivity contribution in [1.29, 1.82) is 0 Å². The molecule has 2 aromatic carbocycles. The largest absolute Gasteiger partial charge is 0.321 e. The molecule has 0 spiro atoms. The number of benzene rings is 2. The third-order valence-corrected chi connectivity index (χ3v) is 4.40. The summed E-state index contributed by atoms with van der Waals surface area (Å²) < 4.78 is 0.927. The van der Waals surface area contributed by atoms with E-state index in [-0.39, 0.29) is 5.91 Å². The number of carbonyl (C=O) groups excluding carboxylic acids is 1. The van der Waals surface area contributed by atoms with Gasteiger partial charge in [0.05, 0.1) is 5.69 Å². The van der Waals surface area contributed by atoms with Crippen molar-refractivity contribution in [3.8, 4) is 0 Å². The molecule has 1 amide bonds. The molecule has 2 aromatic rings. The lowest BCUT2D eigenvalue weighted by atomic mass is 9.99. The average Bonchev–Trinajstić information content (AvgIpc) is 2.33. The van der Waals surface area contributed by atoms with Crippen LogP contribution in [0.15, 0.2) is 34.8 Å². The second kappa shape index (κ2) is 5.80.